The minimum absolute atomic E-state index is 0.0325. The van der Waals surface area contributed by atoms with E-state index in [0.717, 1.165) is 5.56 Å². The van der Waals surface area contributed by atoms with E-state index in [1.165, 1.54) is 0 Å². The molecule has 2 aromatic carbocycles. The van der Waals surface area contributed by atoms with E-state index in [0.29, 0.717) is 5.56 Å². The average Bonchev–Trinajstić information content (AvgIpc) is 2.53. The Kier molecular flexibility index (Phi) is 4.91. The van der Waals surface area contributed by atoms with Crippen LogP contribution in [0, 0.1) is 0 Å². The summed E-state index contributed by atoms with van der Waals surface area (Å²) >= 11 is 0. The molecule has 0 heterocycles. The number of ether oxygens (including phenoxy) is 1. The van der Waals surface area contributed by atoms with Gasteiger partial charge in [0.2, 0.25) is 0 Å². The van der Waals surface area contributed by atoms with Gasteiger partial charge < -0.3 is 10.1 Å². The van der Waals surface area contributed by atoms with Gasteiger partial charge in [0.1, 0.15) is 6.10 Å². The Balaban J connectivity index is 2.19. The van der Waals surface area contributed by atoms with Crippen LogP contribution in [0.15, 0.2) is 60.7 Å². The molecule has 0 radical (unpaired) electrons. The maximum atomic E-state index is 12.2. The van der Waals surface area contributed by atoms with Crippen LogP contribution in [0.1, 0.15) is 28.9 Å². The minimum atomic E-state index is -0.311. The SMILES string of the molecule is CN[C@@H](C)[C@@H](OC(=O)c1ccccc1)c1ccccc1. The van der Waals surface area contributed by atoms with Gasteiger partial charge in [-0.15, -0.1) is 0 Å². The van der Waals surface area contributed by atoms with Gasteiger partial charge in [-0.05, 0) is 31.7 Å². The molecule has 0 aliphatic carbocycles. The molecule has 3 heteroatoms. The number of likely N-dealkylation sites (N-methyl/N-ethyl adjacent to an activating group) is 1. The number of carbonyl (C=O) groups excluding carboxylic acids is 1. The van der Waals surface area contributed by atoms with Gasteiger partial charge in [-0.3, -0.25) is 0 Å². The summed E-state index contributed by atoms with van der Waals surface area (Å²) < 4.78 is 5.67. The Morgan fingerprint density at radius 2 is 1.55 bits per heavy atom. The highest BCUT2D eigenvalue weighted by Gasteiger charge is 2.22. The van der Waals surface area contributed by atoms with Crippen LogP contribution in [0.3, 0.4) is 0 Å². The fourth-order valence-corrected chi connectivity index (χ4v) is 2.01. The molecule has 1 N–H and O–H groups in total. The van der Waals surface area contributed by atoms with Gasteiger partial charge in [-0.25, -0.2) is 4.79 Å². The zero-order valence-corrected chi connectivity index (χ0v) is 11.7. The van der Waals surface area contributed by atoms with E-state index in [4.69, 9.17) is 4.74 Å². The first-order valence-corrected chi connectivity index (χ1v) is 6.70. The van der Waals surface area contributed by atoms with E-state index in [1.54, 1.807) is 12.1 Å². The first-order chi connectivity index (χ1) is 9.72. The Hall–Kier alpha value is -2.13. The average molecular weight is 269 g/mol. The molecule has 20 heavy (non-hydrogen) atoms. The van der Waals surface area contributed by atoms with E-state index >= 15 is 0 Å². The summed E-state index contributed by atoms with van der Waals surface area (Å²) in [6.07, 6.45) is -0.311. The Morgan fingerprint density at radius 3 is 2.10 bits per heavy atom. The van der Waals surface area contributed by atoms with Gasteiger partial charge in [-0.1, -0.05) is 48.5 Å². The van der Waals surface area contributed by atoms with Crippen LogP contribution in [0.25, 0.3) is 0 Å². The monoisotopic (exact) mass is 269 g/mol. The van der Waals surface area contributed by atoms with E-state index < -0.39 is 0 Å². The molecule has 2 atom stereocenters. The van der Waals surface area contributed by atoms with Gasteiger partial charge in [0.05, 0.1) is 5.56 Å². The normalized spacial score (nSPS) is 13.5. The number of rotatable bonds is 5. The number of benzene rings is 2. The minimum Gasteiger partial charge on any atom is -0.452 e. The van der Waals surface area contributed by atoms with Crippen LogP contribution in [-0.2, 0) is 4.74 Å². The summed E-state index contributed by atoms with van der Waals surface area (Å²) in [6.45, 7) is 2.00. The number of carbonyl (C=O) groups is 1. The fourth-order valence-electron chi connectivity index (χ4n) is 2.01. The highest BCUT2D eigenvalue weighted by Crippen LogP contribution is 2.22. The summed E-state index contributed by atoms with van der Waals surface area (Å²) in [5.74, 6) is -0.304. The molecule has 0 unspecified atom stereocenters. The zero-order valence-electron chi connectivity index (χ0n) is 11.7. The summed E-state index contributed by atoms with van der Waals surface area (Å²) in [6, 6.07) is 18.9. The summed E-state index contributed by atoms with van der Waals surface area (Å²) in [5, 5.41) is 3.14. The quantitative estimate of drug-likeness (QED) is 0.847. The Labute approximate surface area is 119 Å². The molecule has 0 saturated heterocycles. The lowest BCUT2D eigenvalue weighted by molar-refractivity contribution is 0.0219. The maximum Gasteiger partial charge on any atom is 0.338 e. The predicted molar refractivity (Wildman–Crippen MR) is 79.6 cm³/mol. The Bertz CT molecular complexity index is 539. The molecule has 3 nitrogen and oxygen atoms in total. The molecule has 0 fully saturated rings. The maximum absolute atomic E-state index is 12.2. The third-order valence-electron chi connectivity index (χ3n) is 3.28. The van der Waals surface area contributed by atoms with Crippen molar-refractivity contribution in [3.8, 4) is 0 Å². The standard InChI is InChI=1S/C17H19NO2/c1-13(18-2)16(14-9-5-3-6-10-14)20-17(19)15-11-7-4-8-12-15/h3-13,16,18H,1-2H3/t13-,16+/m0/s1. The van der Waals surface area contributed by atoms with Crippen LogP contribution in [0.5, 0.6) is 0 Å². The molecule has 0 aliphatic heterocycles. The fraction of sp³-hybridized carbons (Fsp3) is 0.235. The molecule has 2 rings (SSSR count). The van der Waals surface area contributed by atoms with Crippen LogP contribution >= 0.6 is 0 Å². The van der Waals surface area contributed by atoms with Gasteiger partial charge in [-0.2, -0.15) is 0 Å². The van der Waals surface area contributed by atoms with E-state index in [9.17, 15) is 4.79 Å². The summed E-state index contributed by atoms with van der Waals surface area (Å²) in [7, 11) is 1.86. The molecule has 0 spiro atoms. The van der Waals surface area contributed by atoms with Crippen LogP contribution in [-0.4, -0.2) is 19.1 Å². The van der Waals surface area contributed by atoms with Crippen molar-refractivity contribution in [1.82, 2.24) is 5.32 Å². The van der Waals surface area contributed by atoms with Crippen molar-refractivity contribution in [1.29, 1.82) is 0 Å². The molecule has 0 amide bonds. The largest absolute Gasteiger partial charge is 0.452 e. The summed E-state index contributed by atoms with van der Waals surface area (Å²) in [5.41, 5.74) is 1.55. The second-order valence-corrected chi connectivity index (χ2v) is 4.68. The van der Waals surface area contributed by atoms with Crippen molar-refractivity contribution >= 4 is 5.97 Å². The van der Waals surface area contributed by atoms with Crippen molar-refractivity contribution in [2.24, 2.45) is 0 Å². The van der Waals surface area contributed by atoms with Crippen LogP contribution in [0.2, 0.25) is 0 Å². The number of esters is 1. The lowest BCUT2D eigenvalue weighted by Crippen LogP contribution is -2.32. The highest BCUT2D eigenvalue weighted by molar-refractivity contribution is 5.89. The zero-order chi connectivity index (χ0) is 14.4. The van der Waals surface area contributed by atoms with Gasteiger partial charge >= 0.3 is 5.97 Å². The van der Waals surface area contributed by atoms with Gasteiger partial charge in [0.25, 0.3) is 0 Å². The number of hydrogen-bond donors (Lipinski definition) is 1. The van der Waals surface area contributed by atoms with Crippen molar-refractivity contribution in [2.45, 2.75) is 19.1 Å². The predicted octanol–water partition coefficient (Wildman–Crippen LogP) is 3.19. The third-order valence-corrected chi connectivity index (χ3v) is 3.28. The summed E-state index contributed by atoms with van der Waals surface area (Å²) in [4.78, 5) is 12.2. The second-order valence-electron chi connectivity index (χ2n) is 4.68. The van der Waals surface area contributed by atoms with Crippen LogP contribution < -0.4 is 5.32 Å². The Morgan fingerprint density at radius 1 is 1.00 bits per heavy atom. The van der Waals surface area contributed by atoms with Crippen molar-refractivity contribution < 1.29 is 9.53 Å². The van der Waals surface area contributed by atoms with Crippen molar-refractivity contribution in [3.63, 3.8) is 0 Å². The van der Waals surface area contributed by atoms with Gasteiger partial charge in [0.15, 0.2) is 0 Å². The van der Waals surface area contributed by atoms with E-state index in [1.807, 2.05) is 62.5 Å². The third kappa shape index (κ3) is 3.45. The highest BCUT2D eigenvalue weighted by atomic mass is 16.5. The molecule has 0 aliphatic rings. The smallest absolute Gasteiger partial charge is 0.338 e. The first-order valence-electron chi connectivity index (χ1n) is 6.70. The molecular formula is C17H19NO2. The van der Waals surface area contributed by atoms with Crippen molar-refractivity contribution in [3.05, 3.63) is 71.8 Å². The molecule has 0 saturated carbocycles. The molecule has 0 bridgehead atoms. The molecule has 104 valence electrons. The molecule has 0 aromatic heterocycles. The van der Waals surface area contributed by atoms with Crippen molar-refractivity contribution in [2.75, 3.05) is 7.05 Å². The number of nitrogens with one attached hydrogen (secondary N) is 1. The molecule has 2 aromatic rings. The van der Waals surface area contributed by atoms with E-state index in [2.05, 4.69) is 5.32 Å². The molecular weight excluding hydrogens is 250 g/mol. The lowest BCUT2D eigenvalue weighted by atomic mass is 10.0. The number of hydrogen-bond acceptors (Lipinski definition) is 3. The van der Waals surface area contributed by atoms with E-state index in [-0.39, 0.29) is 18.1 Å². The topological polar surface area (TPSA) is 38.3 Å². The van der Waals surface area contributed by atoms with Gasteiger partial charge in [0, 0.05) is 6.04 Å². The second kappa shape index (κ2) is 6.87. The lowest BCUT2D eigenvalue weighted by Gasteiger charge is -2.24. The van der Waals surface area contributed by atoms with Crippen LogP contribution in [0.4, 0.5) is 0 Å². The first kappa shape index (κ1) is 14.3.